The fourth-order valence-electron chi connectivity index (χ4n) is 2.36. The molecule has 0 aliphatic heterocycles. The van der Waals surface area contributed by atoms with Crippen molar-refractivity contribution in [2.24, 2.45) is 0 Å². The minimum absolute atomic E-state index is 0.270. The maximum Gasteiger partial charge on any atom is 0.261 e. The van der Waals surface area contributed by atoms with E-state index in [4.69, 9.17) is 0 Å². The van der Waals surface area contributed by atoms with Crippen molar-refractivity contribution in [1.29, 1.82) is 0 Å². The number of thiazole rings is 1. The average Bonchev–Trinajstić information content (AvgIpc) is 3.23. The van der Waals surface area contributed by atoms with Crippen LogP contribution in [-0.2, 0) is 0 Å². The third-order valence-electron chi connectivity index (χ3n) is 3.45. The first-order valence-electron chi connectivity index (χ1n) is 7.18. The first kappa shape index (κ1) is 14.5. The van der Waals surface area contributed by atoms with Crippen molar-refractivity contribution in [1.82, 2.24) is 24.6 Å². The largest absolute Gasteiger partial charge is 0.298 e. The topological polar surface area (TPSA) is 85.1 Å². The minimum atomic E-state index is -0.270. The zero-order valence-electron chi connectivity index (χ0n) is 12.7. The van der Waals surface area contributed by atoms with E-state index in [1.54, 1.807) is 23.0 Å². The van der Waals surface area contributed by atoms with E-state index in [9.17, 15) is 4.79 Å². The Bertz CT molecular complexity index is 1020. The number of hydrogen-bond donors (Lipinski definition) is 1. The molecule has 0 aromatic carbocycles. The predicted molar refractivity (Wildman–Crippen MR) is 91.0 cm³/mol. The molecule has 0 saturated heterocycles. The fraction of sp³-hybridized carbons (Fsp3) is 0.0625. The van der Waals surface area contributed by atoms with Crippen molar-refractivity contribution < 1.29 is 4.79 Å². The molecule has 4 aromatic heterocycles. The van der Waals surface area contributed by atoms with Crippen LogP contribution in [0.3, 0.4) is 0 Å². The Morgan fingerprint density at radius 3 is 3.00 bits per heavy atom. The highest BCUT2D eigenvalue weighted by Crippen LogP contribution is 2.23. The third-order valence-corrected chi connectivity index (χ3v) is 4.33. The molecule has 0 saturated carbocycles. The Morgan fingerprint density at radius 1 is 1.33 bits per heavy atom. The molecule has 0 unspecified atom stereocenters. The van der Waals surface area contributed by atoms with Crippen LogP contribution >= 0.6 is 11.3 Å². The number of aryl methyl sites for hydroxylation is 1. The molecule has 0 aliphatic rings. The lowest BCUT2D eigenvalue weighted by Gasteiger charge is -2.07. The summed E-state index contributed by atoms with van der Waals surface area (Å²) >= 11 is 1.38. The number of amides is 1. The first-order chi connectivity index (χ1) is 11.7. The van der Waals surface area contributed by atoms with Crippen molar-refractivity contribution in [2.75, 3.05) is 5.32 Å². The van der Waals surface area contributed by atoms with Crippen LogP contribution in [0.4, 0.5) is 5.13 Å². The summed E-state index contributed by atoms with van der Waals surface area (Å²) in [6.07, 6.45) is 6.69. The average molecular weight is 336 g/mol. The van der Waals surface area contributed by atoms with E-state index in [0.29, 0.717) is 16.3 Å². The van der Waals surface area contributed by atoms with Gasteiger partial charge in [-0.2, -0.15) is 5.10 Å². The normalized spacial score (nSPS) is 10.9. The van der Waals surface area contributed by atoms with Crippen LogP contribution in [0.25, 0.3) is 16.8 Å². The van der Waals surface area contributed by atoms with E-state index in [1.165, 1.54) is 17.7 Å². The van der Waals surface area contributed by atoms with Crippen LogP contribution < -0.4 is 5.32 Å². The Hall–Kier alpha value is -3.13. The maximum atomic E-state index is 12.7. The predicted octanol–water partition coefficient (Wildman–Crippen LogP) is 2.81. The number of aromatic nitrogens is 5. The van der Waals surface area contributed by atoms with E-state index >= 15 is 0 Å². The number of nitrogens with one attached hydrogen (secondary N) is 1. The molecule has 0 aliphatic carbocycles. The number of anilines is 1. The molecule has 7 nitrogen and oxygen atoms in total. The molecule has 0 radical (unpaired) electrons. The van der Waals surface area contributed by atoms with Gasteiger partial charge in [0, 0.05) is 35.1 Å². The number of carbonyl (C=O) groups is 1. The highest BCUT2D eigenvalue weighted by molar-refractivity contribution is 7.13. The van der Waals surface area contributed by atoms with Gasteiger partial charge < -0.3 is 0 Å². The Kier molecular flexibility index (Phi) is 3.51. The molecule has 24 heavy (non-hydrogen) atoms. The first-order valence-corrected chi connectivity index (χ1v) is 8.06. The molecule has 8 heteroatoms. The highest BCUT2D eigenvalue weighted by atomic mass is 32.1. The third kappa shape index (κ3) is 2.63. The molecule has 1 amide bonds. The molecule has 118 valence electrons. The van der Waals surface area contributed by atoms with Gasteiger partial charge in [0.15, 0.2) is 10.8 Å². The van der Waals surface area contributed by atoms with Crippen LogP contribution in [0.15, 0.2) is 48.5 Å². The van der Waals surface area contributed by atoms with Gasteiger partial charge in [0.25, 0.3) is 5.91 Å². The van der Waals surface area contributed by atoms with Gasteiger partial charge in [-0.05, 0) is 19.1 Å². The second-order valence-electron chi connectivity index (χ2n) is 5.16. The van der Waals surface area contributed by atoms with Gasteiger partial charge in [-0.15, -0.1) is 11.3 Å². The number of hydrogen-bond acceptors (Lipinski definition) is 6. The van der Waals surface area contributed by atoms with Crippen molar-refractivity contribution in [2.45, 2.75) is 6.92 Å². The van der Waals surface area contributed by atoms with E-state index < -0.39 is 0 Å². The van der Waals surface area contributed by atoms with Crippen molar-refractivity contribution >= 4 is 28.0 Å². The van der Waals surface area contributed by atoms with Crippen LogP contribution in [-0.4, -0.2) is 30.5 Å². The van der Waals surface area contributed by atoms with Gasteiger partial charge in [0.2, 0.25) is 0 Å². The van der Waals surface area contributed by atoms with Crippen molar-refractivity contribution in [3.05, 3.63) is 59.8 Å². The quantitative estimate of drug-likeness (QED) is 0.622. The minimum Gasteiger partial charge on any atom is -0.298 e. The summed E-state index contributed by atoms with van der Waals surface area (Å²) in [6.45, 7) is 1.88. The molecular weight excluding hydrogens is 324 g/mol. The van der Waals surface area contributed by atoms with Crippen LogP contribution in [0.2, 0.25) is 0 Å². The lowest BCUT2D eigenvalue weighted by molar-refractivity contribution is 0.102. The van der Waals surface area contributed by atoms with Gasteiger partial charge in [-0.1, -0.05) is 6.07 Å². The second kappa shape index (κ2) is 5.82. The van der Waals surface area contributed by atoms with Crippen LogP contribution in [0.1, 0.15) is 16.1 Å². The molecule has 4 rings (SSSR count). The SMILES string of the molecule is Cc1csc(NC(=O)c2cc(-c3cccnc3)cn3ncnc23)n1. The summed E-state index contributed by atoms with van der Waals surface area (Å²) in [6, 6.07) is 5.56. The van der Waals surface area contributed by atoms with Crippen LogP contribution in [0, 0.1) is 6.92 Å². The summed E-state index contributed by atoms with van der Waals surface area (Å²) in [5.74, 6) is -0.270. The highest BCUT2D eigenvalue weighted by Gasteiger charge is 2.16. The smallest absolute Gasteiger partial charge is 0.261 e. The van der Waals surface area contributed by atoms with Gasteiger partial charge in [-0.25, -0.2) is 14.5 Å². The van der Waals surface area contributed by atoms with Crippen LogP contribution in [0.5, 0.6) is 0 Å². The van der Waals surface area contributed by atoms with Gasteiger partial charge in [-0.3, -0.25) is 15.1 Å². The number of pyridine rings is 2. The molecule has 1 N–H and O–H groups in total. The zero-order chi connectivity index (χ0) is 16.5. The molecule has 4 aromatic rings. The Balaban J connectivity index is 1.78. The molecular formula is C16H12N6OS. The zero-order valence-corrected chi connectivity index (χ0v) is 13.5. The number of rotatable bonds is 3. The lowest BCUT2D eigenvalue weighted by atomic mass is 10.1. The fourth-order valence-corrected chi connectivity index (χ4v) is 3.04. The standard InChI is InChI=1S/C16H12N6OS/c1-10-8-24-16(20-10)21-15(23)13-5-12(11-3-2-4-17-6-11)7-22-14(13)18-9-19-22/h2-9H,1H3,(H,20,21,23). The van der Waals surface area contributed by atoms with Gasteiger partial charge >= 0.3 is 0 Å². The van der Waals surface area contributed by atoms with Crippen molar-refractivity contribution in [3.8, 4) is 11.1 Å². The molecule has 0 fully saturated rings. The Labute approximate surface area is 141 Å². The molecule has 0 spiro atoms. The molecule has 0 atom stereocenters. The van der Waals surface area contributed by atoms with E-state index in [-0.39, 0.29) is 5.91 Å². The van der Waals surface area contributed by atoms with Gasteiger partial charge in [0.05, 0.1) is 11.3 Å². The number of nitrogens with zero attached hydrogens (tertiary/aromatic N) is 5. The number of carbonyl (C=O) groups excluding carboxylic acids is 1. The van der Waals surface area contributed by atoms with Crippen molar-refractivity contribution in [3.63, 3.8) is 0 Å². The summed E-state index contributed by atoms with van der Waals surface area (Å²) in [7, 11) is 0. The second-order valence-corrected chi connectivity index (χ2v) is 6.02. The lowest BCUT2D eigenvalue weighted by Crippen LogP contribution is -2.14. The van der Waals surface area contributed by atoms with Gasteiger partial charge in [0.1, 0.15) is 6.33 Å². The summed E-state index contributed by atoms with van der Waals surface area (Å²) in [5, 5.41) is 9.40. The monoisotopic (exact) mass is 336 g/mol. The molecule has 4 heterocycles. The Morgan fingerprint density at radius 2 is 2.25 bits per heavy atom. The summed E-state index contributed by atoms with van der Waals surface area (Å²) < 4.78 is 1.59. The number of fused-ring (bicyclic) bond motifs is 1. The maximum absolute atomic E-state index is 12.7. The molecule has 0 bridgehead atoms. The summed E-state index contributed by atoms with van der Waals surface area (Å²) in [5.41, 5.74) is 3.53. The van der Waals surface area contributed by atoms with E-state index in [0.717, 1.165) is 16.8 Å². The summed E-state index contributed by atoms with van der Waals surface area (Å²) in [4.78, 5) is 25.2. The van der Waals surface area contributed by atoms with E-state index in [2.05, 4.69) is 25.4 Å². The van der Waals surface area contributed by atoms with E-state index in [1.807, 2.05) is 30.6 Å².